The zero-order valence-electron chi connectivity index (χ0n) is 11.7. The zero-order valence-corrected chi connectivity index (χ0v) is 12.5. The number of rotatable bonds is 7. The van der Waals surface area contributed by atoms with Crippen molar-refractivity contribution < 1.29 is 4.79 Å². The van der Waals surface area contributed by atoms with Gasteiger partial charge in [-0.3, -0.25) is 4.79 Å². The highest BCUT2D eigenvalue weighted by Crippen LogP contribution is 2.39. The van der Waals surface area contributed by atoms with Crippen molar-refractivity contribution in [3.05, 3.63) is 10.9 Å². The average molecular weight is 281 g/mol. The summed E-state index contributed by atoms with van der Waals surface area (Å²) in [6, 6.07) is 2.46. The second kappa shape index (κ2) is 6.28. The topological polar surface area (TPSA) is 67.2 Å². The van der Waals surface area contributed by atoms with Gasteiger partial charge in [-0.1, -0.05) is 20.3 Å². The van der Waals surface area contributed by atoms with Crippen LogP contribution >= 0.6 is 11.3 Å². The minimum absolute atomic E-state index is 0.0571. The van der Waals surface area contributed by atoms with Crippen molar-refractivity contribution in [2.24, 2.45) is 5.92 Å². The average Bonchev–Trinajstić information content (AvgIpc) is 2.99. The molecule has 1 amide bonds. The lowest BCUT2D eigenvalue weighted by atomic mass is 10.2. The molecule has 4 N–H and O–H groups in total. The molecule has 19 heavy (non-hydrogen) atoms. The van der Waals surface area contributed by atoms with Crippen LogP contribution < -0.4 is 16.4 Å². The number of amides is 1. The van der Waals surface area contributed by atoms with Crippen molar-refractivity contribution in [3.63, 3.8) is 0 Å². The number of anilines is 2. The van der Waals surface area contributed by atoms with Crippen LogP contribution in [0.25, 0.3) is 0 Å². The van der Waals surface area contributed by atoms with Crippen LogP contribution in [0.4, 0.5) is 10.7 Å². The molecule has 1 aromatic rings. The Morgan fingerprint density at radius 3 is 2.95 bits per heavy atom. The van der Waals surface area contributed by atoms with E-state index in [0.29, 0.717) is 23.2 Å². The first-order valence-electron chi connectivity index (χ1n) is 7.09. The Hall–Kier alpha value is -1.23. The lowest BCUT2D eigenvalue weighted by molar-refractivity contribution is 0.0958. The normalized spacial score (nSPS) is 21.2. The summed E-state index contributed by atoms with van der Waals surface area (Å²) in [6.07, 6.45) is 4.69. The third-order valence-corrected chi connectivity index (χ3v) is 4.49. The van der Waals surface area contributed by atoms with Gasteiger partial charge in [-0.2, -0.15) is 0 Å². The van der Waals surface area contributed by atoms with Crippen LogP contribution in [-0.4, -0.2) is 18.5 Å². The van der Waals surface area contributed by atoms with Gasteiger partial charge in [0.2, 0.25) is 0 Å². The van der Waals surface area contributed by atoms with Crippen molar-refractivity contribution >= 4 is 27.9 Å². The molecule has 0 aliphatic heterocycles. The van der Waals surface area contributed by atoms with E-state index in [1.54, 1.807) is 0 Å². The molecule has 2 rings (SSSR count). The van der Waals surface area contributed by atoms with E-state index in [1.165, 1.54) is 30.6 Å². The molecular weight excluding hydrogens is 258 g/mol. The van der Waals surface area contributed by atoms with Gasteiger partial charge in [-0.25, -0.2) is 0 Å². The molecule has 0 bridgehead atoms. The van der Waals surface area contributed by atoms with E-state index >= 15 is 0 Å². The summed E-state index contributed by atoms with van der Waals surface area (Å²) in [7, 11) is 0. The Morgan fingerprint density at radius 2 is 2.26 bits per heavy atom. The summed E-state index contributed by atoms with van der Waals surface area (Å²) in [5.41, 5.74) is 6.49. The minimum Gasteiger partial charge on any atom is -0.397 e. The third kappa shape index (κ3) is 3.62. The Labute approximate surface area is 118 Å². The number of hydrogen-bond donors (Lipinski definition) is 3. The molecule has 1 aliphatic rings. The Kier molecular flexibility index (Phi) is 4.69. The van der Waals surface area contributed by atoms with Crippen molar-refractivity contribution in [2.45, 2.75) is 45.6 Å². The highest BCUT2D eigenvalue weighted by atomic mass is 32.1. The summed E-state index contributed by atoms with van der Waals surface area (Å²) >= 11 is 1.46. The number of nitrogen functional groups attached to an aromatic ring is 1. The van der Waals surface area contributed by atoms with Crippen LogP contribution in [0.3, 0.4) is 0 Å². The van der Waals surface area contributed by atoms with Gasteiger partial charge in [0.1, 0.15) is 4.88 Å². The van der Waals surface area contributed by atoms with Crippen molar-refractivity contribution in [3.8, 4) is 0 Å². The molecule has 1 saturated carbocycles. The maximum absolute atomic E-state index is 11.9. The molecule has 0 aromatic carbocycles. The Bertz CT molecular complexity index is 444. The molecule has 1 heterocycles. The van der Waals surface area contributed by atoms with Crippen LogP contribution in [0.1, 0.15) is 49.2 Å². The summed E-state index contributed by atoms with van der Waals surface area (Å²) in [5, 5.41) is 7.36. The minimum atomic E-state index is -0.0571. The number of thiophene rings is 1. The van der Waals surface area contributed by atoms with Gasteiger partial charge in [0.25, 0.3) is 5.91 Å². The summed E-state index contributed by atoms with van der Waals surface area (Å²) in [4.78, 5) is 12.5. The number of hydrogen-bond acceptors (Lipinski definition) is 4. The third-order valence-electron chi connectivity index (χ3n) is 3.41. The molecule has 1 fully saturated rings. The molecular formula is C14H23N3OS. The van der Waals surface area contributed by atoms with Crippen LogP contribution in [0.15, 0.2) is 6.07 Å². The molecule has 0 saturated heterocycles. The van der Waals surface area contributed by atoms with Crippen molar-refractivity contribution in [1.82, 2.24) is 5.32 Å². The largest absolute Gasteiger partial charge is 0.397 e. The lowest BCUT2D eigenvalue weighted by Crippen LogP contribution is -2.23. The van der Waals surface area contributed by atoms with Gasteiger partial charge in [0.15, 0.2) is 0 Å². The van der Waals surface area contributed by atoms with E-state index in [9.17, 15) is 4.79 Å². The highest BCUT2D eigenvalue weighted by molar-refractivity contribution is 7.18. The Balaban J connectivity index is 1.91. The fourth-order valence-corrected chi connectivity index (χ4v) is 3.23. The maximum atomic E-state index is 11.9. The number of carbonyl (C=O) groups is 1. The first-order valence-corrected chi connectivity index (χ1v) is 7.91. The molecule has 0 radical (unpaired) electrons. The smallest absolute Gasteiger partial charge is 0.263 e. The SMILES string of the molecule is CCCNC(=O)c1sc(NC2CC2CCC)cc1N. The van der Waals surface area contributed by atoms with Crippen LogP contribution in [0.5, 0.6) is 0 Å². The molecule has 0 spiro atoms. The first kappa shape index (κ1) is 14.2. The quantitative estimate of drug-likeness (QED) is 0.719. The molecule has 2 atom stereocenters. The van der Waals surface area contributed by atoms with E-state index in [4.69, 9.17) is 5.73 Å². The molecule has 4 nitrogen and oxygen atoms in total. The molecule has 106 valence electrons. The van der Waals surface area contributed by atoms with Crippen molar-refractivity contribution in [2.75, 3.05) is 17.6 Å². The highest BCUT2D eigenvalue weighted by Gasteiger charge is 2.36. The maximum Gasteiger partial charge on any atom is 0.263 e. The van der Waals surface area contributed by atoms with Gasteiger partial charge in [-0.15, -0.1) is 11.3 Å². The standard InChI is InChI=1S/C14H23N3OS/c1-3-5-9-7-11(9)17-12-8-10(15)13(19-12)14(18)16-6-4-2/h8-9,11,17H,3-7,15H2,1-2H3,(H,16,18). The van der Waals surface area contributed by atoms with Gasteiger partial charge >= 0.3 is 0 Å². The predicted octanol–water partition coefficient (Wildman–Crippen LogP) is 3.07. The van der Waals surface area contributed by atoms with E-state index in [1.807, 2.05) is 13.0 Å². The Morgan fingerprint density at radius 1 is 1.47 bits per heavy atom. The number of nitrogens with one attached hydrogen (secondary N) is 2. The summed E-state index contributed by atoms with van der Waals surface area (Å²) in [6.45, 7) is 4.95. The molecule has 1 aromatic heterocycles. The van der Waals surface area contributed by atoms with Gasteiger partial charge < -0.3 is 16.4 Å². The number of carbonyl (C=O) groups excluding carboxylic acids is 1. The second-order valence-electron chi connectivity index (χ2n) is 5.19. The fraction of sp³-hybridized carbons (Fsp3) is 0.643. The van der Waals surface area contributed by atoms with E-state index in [-0.39, 0.29) is 5.91 Å². The second-order valence-corrected chi connectivity index (χ2v) is 6.24. The van der Waals surface area contributed by atoms with E-state index < -0.39 is 0 Å². The predicted molar refractivity (Wildman–Crippen MR) is 81.8 cm³/mol. The summed E-state index contributed by atoms with van der Waals surface area (Å²) in [5.74, 6) is 0.740. The van der Waals surface area contributed by atoms with Crippen LogP contribution in [0, 0.1) is 5.92 Å². The van der Waals surface area contributed by atoms with Gasteiger partial charge in [0.05, 0.1) is 10.7 Å². The lowest BCUT2D eigenvalue weighted by Gasteiger charge is -2.02. The van der Waals surface area contributed by atoms with Crippen molar-refractivity contribution in [1.29, 1.82) is 0 Å². The van der Waals surface area contributed by atoms with Crippen LogP contribution in [0.2, 0.25) is 0 Å². The number of nitrogens with two attached hydrogens (primary N) is 1. The van der Waals surface area contributed by atoms with Crippen LogP contribution in [-0.2, 0) is 0 Å². The first-order chi connectivity index (χ1) is 9.15. The molecule has 2 unspecified atom stereocenters. The van der Waals surface area contributed by atoms with Gasteiger partial charge in [-0.05, 0) is 31.2 Å². The molecule has 5 heteroatoms. The molecule has 1 aliphatic carbocycles. The van der Waals surface area contributed by atoms with E-state index in [2.05, 4.69) is 17.6 Å². The zero-order chi connectivity index (χ0) is 13.8. The summed E-state index contributed by atoms with van der Waals surface area (Å²) < 4.78 is 0. The van der Waals surface area contributed by atoms with Gasteiger partial charge in [0, 0.05) is 12.6 Å². The van der Waals surface area contributed by atoms with E-state index in [0.717, 1.165) is 17.3 Å². The fourth-order valence-electron chi connectivity index (χ4n) is 2.27. The monoisotopic (exact) mass is 281 g/mol.